The van der Waals surface area contributed by atoms with Gasteiger partial charge >= 0.3 is 0 Å². The van der Waals surface area contributed by atoms with Gasteiger partial charge in [-0.05, 0) is 38.5 Å². The smallest absolute Gasteiger partial charge is 0.240 e. The van der Waals surface area contributed by atoms with Gasteiger partial charge in [-0.3, -0.25) is 4.79 Å². The van der Waals surface area contributed by atoms with Crippen LogP contribution in [0.1, 0.15) is 39.5 Å². The molecule has 0 aliphatic carbocycles. The van der Waals surface area contributed by atoms with Crippen LogP contribution in [0.5, 0.6) is 0 Å². The van der Waals surface area contributed by atoms with Crippen molar-refractivity contribution in [3.8, 4) is 0 Å². The predicted octanol–water partition coefficient (Wildman–Crippen LogP) is 0.325. The molecule has 0 aromatic carbocycles. The van der Waals surface area contributed by atoms with Crippen molar-refractivity contribution >= 4 is 15.9 Å². The van der Waals surface area contributed by atoms with E-state index in [4.69, 9.17) is 5.11 Å². The van der Waals surface area contributed by atoms with Crippen molar-refractivity contribution in [3.05, 3.63) is 0 Å². The Morgan fingerprint density at radius 3 is 2.80 bits per heavy atom. The first kappa shape index (κ1) is 17.4. The third-order valence-corrected chi connectivity index (χ3v) is 5.23. The Bertz CT molecular complexity index is 409. The Morgan fingerprint density at radius 2 is 2.20 bits per heavy atom. The summed E-state index contributed by atoms with van der Waals surface area (Å²) in [6, 6.07) is -0.723. The van der Waals surface area contributed by atoms with E-state index in [1.807, 2.05) is 0 Å². The number of nitrogens with zero attached hydrogens (tertiary/aromatic N) is 1. The number of carbonyl (C=O) groups is 1. The van der Waals surface area contributed by atoms with Gasteiger partial charge in [0, 0.05) is 19.7 Å². The van der Waals surface area contributed by atoms with Crippen molar-refractivity contribution in [3.63, 3.8) is 0 Å². The summed E-state index contributed by atoms with van der Waals surface area (Å²) in [5.74, 6) is 0.182. The fourth-order valence-electron chi connectivity index (χ4n) is 2.60. The number of hydrogen-bond donors (Lipinski definition) is 2. The minimum absolute atomic E-state index is 0.0394. The van der Waals surface area contributed by atoms with Crippen molar-refractivity contribution in [1.82, 2.24) is 9.62 Å². The summed E-state index contributed by atoms with van der Waals surface area (Å²) < 4.78 is 25.8. The maximum atomic E-state index is 12.3. The Kier molecular flexibility index (Phi) is 6.91. The summed E-state index contributed by atoms with van der Waals surface area (Å²) >= 11 is 0. The Balaban J connectivity index is 2.55. The number of hydrogen-bond acceptors (Lipinski definition) is 4. The van der Waals surface area contributed by atoms with Gasteiger partial charge in [0.2, 0.25) is 15.9 Å². The van der Waals surface area contributed by atoms with Crippen molar-refractivity contribution in [1.29, 1.82) is 0 Å². The molecular formula is C13H26N2O4S. The molecule has 2 N–H and O–H groups in total. The number of amides is 1. The molecule has 2 atom stereocenters. The summed E-state index contributed by atoms with van der Waals surface area (Å²) in [6.07, 6.45) is 3.14. The molecule has 0 saturated carbocycles. The van der Waals surface area contributed by atoms with Crippen molar-refractivity contribution in [2.45, 2.75) is 45.6 Å². The Morgan fingerprint density at radius 1 is 1.50 bits per heavy atom. The van der Waals surface area contributed by atoms with E-state index in [9.17, 15) is 13.2 Å². The topological polar surface area (TPSA) is 86.7 Å². The van der Waals surface area contributed by atoms with Crippen molar-refractivity contribution in [2.75, 3.05) is 25.4 Å². The molecule has 1 fully saturated rings. The zero-order valence-electron chi connectivity index (χ0n) is 12.3. The number of aliphatic hydroxyl groups is 1. The van der Waals surface area contributed by atoms with Gasteiger partial charge in [0.25, 0.3) is 0 Å². The van der Waals surface area contributed by atoms with Crippen LogP contribution in [-0.4, -0.2) is 55.8 Å². The molecule has 1 rings (SSSR count). The average Bonchev–Trinajstić information content (AvgIpc) is 2.37. The highest BCUT2D eigenvalue weighted by atomic mass is 32.2. The van der Waals surface area contributed by atoms with Gasteiger partial charge in [-0.25, -0.2) is 13.1 Å². The highest BCUT2D eigenvalue weighted by molar-refractivity contribution is 7.89. The number of nitrogens with one attached hydrogen (secondary N) is 1. The van der Waals surface area contributed by atoms with Crippen LogP contribution < -0.4 is 4.72 Å². The van der Waals surface area contributed by atoms with Gasteiger partial charge in [-0.15, -0.1) is 0 Å². The maximum Gasteiger partial charge on any atom is 0.240 e. The molecule has 6 nitrogen and oxygen atoms in total. The summed E-state index contributed by atoms with van der Waals surface area (Å²) in [7, 11) is -3.38. The number of sulfonamides is 1. The second-order valence-electron chi connectivity index (χ2n) is 5.46. The van der Waals surface area contributed by atoms with E-state index in [0.717, 1.165) is 12.8 Å². The van der Waals surface area contributed by atoms with E-state index in [0.29, 0.717) is 31.8 Å². The molecule has 0 aromatic rings. The summed E-state index contributed by atoms with van der Waals surface area (Å²) in [4.78, 5) is 14.0. The lowest BCUT2D eigenvalue weighted by molar-refractivity contribution is -0.134. The molecule has 2 unspecified atom stereocenters. The first-order valence-electron chi connectivity index (χ1n) is 7.29. The van der Waals surface area contributed by atoms with Crippen LogP contribution >= 0.6 is 0 Å². The predicted molar refractivity (Wildman–Crippen MR) is 77.7 cm³/mol. The van der Waals surface area contributed by atoms with Gasteiger partial charge in [0.15, 0.2) is 0 Å². The van der Waals surface area contributed by atoms with Crippen LogP contribution in [0.25, 0.3) is 0 Å². The number of aliphatic hydroxyl groups excluding tert-OH is 1. The van der Waals surface area contributed by atoms with Gasteiger partial charge in [-0.1, -0.05) is 6.92 Å². The lowest BCUT2D eigenvalue weighted by Crippen LogP contribution is -2.50. The molecule has 1 heterocycles. The van der Waals surface area contributed by atoms with Gasteiger partial charge in [0.1, 0.15) is 0 Å². The van der Waals surface area contributed by atoms with Crippen LogP contribution in [0, 0.1) is 5.92 Å². The van der Waals surface area contributed by atoms with E-state index < -0.39 is 16.1 Å². The Labute approximate surface area is 121 Å². The molecule has 1 amide bonds. The largest absolute Gasteiger partial charge is 0.396 e. The second-order valence-corrected chi connectivity index (χ2v) is 7.34. The standard InChI is InChI=1S/C13H26N2O4S/c1-3-9-20(18,19)14-11(2)13(17)15-7-4-5-12(10-15)6-8-16/h11-12,14,16H,3-10H2,1-2H3. The number of likely N-dealkylation sites (tertiary alicyclic amines) is 1. The van der Waals surface area contributed by atoms with Gasteiger partial charge in [-0.2, -0.15) is 0 Å². The molecule has 1 aliphatic heterocycles. The highest BCUT2D eigenvalue weighted by Gasteiger charge is 2.28. The number of rotatable bonds is 7. The van der Waals surface area contributed by atoms with Crippen LogP contribution in [0.4, 0.5) is 0 Å². The molecular weight excluding hydrogens is 280 g/mol. The fraction of sp³-hybridized carbons (Fsp3) is 0.923. The summed E-state index contributed by atoms with van der Waals surface area (Å²) in [5.41, 5.74) is 0. The van der Waals surface area contributed by atoms with E-state index in [1.165, 1.54) is 0 Å². The quantitative estimate of drug-likeness (QED) is 0.709. The lowest BCUT2D eigenvalue weighted by atomic mass is 9.95. The molecule has 1 aliphatic rings. The van der Waals surface area contributed by atoms with Crippen molar-refractivity contribution < 1.29 is 18.3 Å². The monoisotopic (exact) mass is 306 g/mol. The van der Waals surface area contributed by atoms with Crippen molar-refractivity contribution in [2.24, 2.45) is 5.92 Å². The average molecular weight is 306 g/mol. The first-order chi connectivity index (χ1) is 9.39. The molecule has 118 valence electrons. The van der Waals surface area contributed by atoms with Gasteiger partial charge < -0.3 is 10.0 Å². The minimum atomic E-state index is -3.38. The molecule has 0 spiro atoms. The van der Waals surface area contributed by atoms with Crippen LogP contribution in [0.2, 0.25) is 0 Å². The normalized spacial score (nSPS) is 21.8. The molecule has 20 heavy (non-hydrogen) atoms. The zero-order valence-corrected chi connectivity index (χ0v) is 13.2. The Hall–Kier alpha value is -0.660. The van der Waals surface area contributed by atoms with E-state index >= 15 is 0 Å². The third-order valence-electron chi connectivity index (χ3n) is 3.57. The SMILES string of the molecule is CCCS(=O)(=O)NC(C)C(=O)N1CCCC(CCO)C1. The molecule has 0 aromatic heterocycles. The maximum absolute atomic E-state index is 12.3. The van der Waals surface area contributed by atoms with Crippen LogP contribution in [0.15, 0.2) is 0 Å². The first-order valence-corrected chi connectivity index (χ1v) is 8.94. The zero-order chi connectivity index (χ0) is 15.2. The van der Waals surface area contributed by atoms with Gasteiger partial charge in [0.05, 0.1) is 11.8 Å². The number of piperidine rings is 1. The molecule has 1 saturated heterocycles. The van der Waals surface area contributed by atoms with E-state index in [1.54, 1.807) is 18.7 Å². The fourth-order valence-corrected chi connectivity index (χ4v) is 3.90. The number of carbonyl (C=O) groups excluding carboxylic acids is 1. The third kappa shape index (κ3) is 5.38. The van der Waals surface area contributed by atoms with Crippen LogP contribution in [-0.2, 0) is 14.8 Å². The highest BCUT2D eigenvalue weighted by Crippen LogP contribution is 2.19. The molecule has 7 heteroatoms. The lowest BCUT2D eigenvalue weighted by Gasteiger charge is -2.34. The molecule has 0 bridgehead atoms. The summed E-state index contributed by atoms with van der Waals surface area (Å²) in [5, 5.41) is 8.97. The van der Waals surface area contributed by atoms with E-state index in [-0.39, 0.29) is 18.3 Å². The summed E-state index contributed by atoms with van der Waals surface area (Å²) in [6.45, 7) is 4.78. The van der Waals surface area contributed by atoms with Crippen LogP contribution in [0.3, 0.4) is 0 Å². The second kappa shape index (κ2) is 7.95. The van der Waals surface area contributed by atoms with E-state index in [2.05, 4.69) is 4.72 Å². The minimum Gasteiger partial charge on any atom is -0.396 e. The molecule has 0 radical (unpaired) electrons.